The first-order chi connectivity index (χ1) is 12.7. The van der Waals surface area contributed by atoms with E-state index in [9.17, 15) is 4.79 Å². The Balaban J connectivity index is 2.05. The van der Waals surface area contributed by atoms with E-state index in [0.717, 1.165) is 26.4 Å². The molecule has 3 aromatic rings. The summed E-state index contributed by atoms with van der Waals surface area (Å²) < 4.78 is 7.41. The Bertz CT molecular complexity index is 992. The van der Waals surface area contributed by atoms with Gasteiger partial charge in [0, 0.05) is 26.7 Å². The summed E-state index contributed by atoms with van der Waals surface area (Å²) in [6.45, 7) is 7.65. The second kappa shape index (κ2) is 7.74. The van der Waals surface area contributed by atoms with Gasteiger partial charge in [-0.05, 0) is 58.0 Å². The molecule has 0 spiro atoms. The molecule has 4 nitrogen and oxygen atoms in total. The summed E-state index contributed by atoms with van der Waals surface area (Å²) in [7, 11) is 0. The van der Waals surface area contributed by atoms with Gasteiger partial charge in [0.2, 0.25) is 0 Å². The number of pyridine rings is 1. The molecule has 0 saturated heterocycles. The van der Waals surface area contributed by atoms with Crippen molar-refractivity contribution in [1.29, 1.82) is 0 Å². The van der Waals surface area contributed by atoms with Gasteiger partial charge < -0.3 is 9.30 Å². The summed E-state index contributed by atoms with van der Waals surface area (Å²) in [6, 6.07) is 9.46. The summed E-state index contributed by atoms with van der Waals surface area (Å²) >= 11 is 14.0. The van der Waals surface area contributed by atoms with Gasteiger partial charge >= 0.3 is 5.97 Å². The molecule has 0 aliphatic heterocycles. The lowest BCUT2D eigenvalue weighted by atomic mass is 10.2. The SMILES string of the molecule is Cc1c(Sc2ccc(Cl)cc2)c2c(Cl)nccc2n1CC(=O)OC(C)(C)C. The van der Waals surface area contributed by atoms with Crippen molar-refractivity contribution < 1.29 is 9.53 Å². The molecular weight excluding hydrogens is 403 g/mol. The standard InChI is InChI=1S/C20H20Cl2N2O2S/c1-12-18(27-14-7-5-13(21)6-8-14)17-15(9-10-23-19(17)22)24(12)11-16(25)26-20(2,3)4/h5-10H,11H2,1-4H3. The van der Waals surface area contributed by atoms with Crippen LogP contribution in [0.25, 0.3) is 10.9 Å². The molecule has 7 heteroatoms. The van der Waals surface area contributed by atoms with Crippen molar-refractivity contribution in [1.82, 2.24) is 9.55 Å². The highest BCUT2D eigenvalue weighted by atomic mass is 35.5. The highest BCUT2D eigenvalue weighted by molar-refractivity contribution is 7.99. The third-order valence-corrected chi connectivity index (χ3v) is 5.62. The quantitative estimate of drug-likeness (QED) is 0.373. The number of hydrogen-bond acceptors (Lipinski definition) is 4. The van der Waals surface area contributed by atoms with Crippen LogP contribution >= 0.6 is 35.0 Å². The third-order valence-electron chi connectivity index (χ3n) is 3.87. The average molecular weight is 423 g/mol. The van der Waals surface area contributed by atoms with E-state index in [1.807, 2.05) is 62.6 Å². The number of carbonyl (C=O) groups is 1. The van der Waals surface area contributed by atoms with Gasteiger partial charge in [-0.3, -0.25) is 4.79 Å². The lowest BCUT2D eigenvalue weighted by molar-refractivity contribution is -0.155. The van der Waals surface area contributed by atoms with E-state index in [4.69, 9.17) is 27.9 Å². The van der Waals surface area contributed by atoms with Gasteiger partial charge in [0.05, 0.1) is 10.9 Å². The van der Waals surface area contributed by atoms with Crippen LogP contribution < -0.4 is 0 Å². The Labute approximate surface area is 172 Å². The molecule has 27 heavy (non-hydrogen) atoms. The first-order valence-corrected chi connectivity index (χ1v) is 10.0. The minimum Gasteiger partial charge on any atom is -0.459 e. The van der Waals surface area contributed by atoms with E-state index in [0.29, 0.717) is 10.2 Å². The van der Waals surface area contributed by atoms with Crippen molar-refractivity contribution in [3.8, 4) is 0 Å². The molecular formula is C20H20Cl2N2O2S. The number of esters is 1. The second-order valence-electron chi connectivity index (χ2n) is 7.14. The Morgan fingerprint density at radius 1 is 1.19 bits per heavy atom. The molecule has 0 saturated carbocycles. The fourth-order valence-electron chi connectivity index (χ4n) is 2.80. The molecule has 142 valence electrons. The van der Waals surface area contributed by atoms with E-state index in [1.165, 1.54) is 0 Å². The van der Waals surface area contributed by atoms with Gasteiger partial charge in [-0.1, -0.05) is 35.0 Å². The van der Waals surface area contributed by atoms with Crippen molar-refractivity contribution in [3.05, 3.63) is 52.4 Å². The van der Waals surface area contributed by atoms with Crippen LogP contribution in [0.2, 0.25) is 10.2 Å². The van der Waals surface area contributed by atoms with Crippen molar-refractivity contribution in [2.45, 2.75) is 49.6 Å². The monoisotopic (exact) mass is 422 g/mol. The van der Waals surface area contributed by atoms with Crippen molar-refractivity contribution in [2.24, 2.45) is 0 Å². The predicted molar refractivity (Wildman–Crippen MR) is 111 cm³/mol. The maximum absolute atomic E-state index is 12.4. The van der Waals surface area contributed by atoms with Crippen LogP contribution in [0.1, 0.15) is 26.5 Å². The molecule has 0 amide bonds. The lowest BCUT2D eigenvalue weighted by Crippen LogP contribution is -2.26. The van der Waals surface area contributed by atoms with Crippen LogP contribution in [0, 0.1) is 6.92 Å². The lowest BCUT2D eigenvalue weighted by Gasteiger charge is -2.20. The van der Waals surface area contributed by atoms with Crippen LogP contribution in [0.15, 0.2) is 46.3 Å². The van der Waals surface area contributed by atoms with E-state index < -0.39 is 5.60 Å². The number of nitrogens with zero attached hydrogens (tertiary/aromatic N) is 2. The van der Waals surface area contributed by atoms with E-state index in [2.05, 4.69) is 4.98 Å². The zero-order chi connectivity index (χ0) is 19.8. The van der Waals surface area contributed by atoms with Crippen LogP contribution in [0.3, 0.4) is 0 Å². The number of ether oxygens (including phenoxy) is 1. The van der Waals surface area contributed by atoms with Crippen LogP contribution in [-0.2, 0) is 16.1 Å². The van der Waals surface area contributed by atoms with Crippen LogP contribution in [0.4, 0.5) is 0 Å². The van der Waals surface area contributed by atoms with Gasteiger partial charge in [-0.15, -0.1) is 0 Å². The van der Waals surface area contributed by atoms with Gasteiger partial charge in [-0.2, -0.15) is 0 Å². The second-order valence-corrected chi connectivity index (χ2v) is 9.02. The van der Waals surface area contributed by atoms with E-state index >= 15 is 0 Å². The molecule has 2 heterocycles. The summed E-state index contributed by atoms with van der Waals surface area (Å²) in [6.07, 6.45) is 1.65. The van der Waals surface area contributed by atoms with Gasteiger partial charge in [0.15, 0.2) is 0 Å². The summed E-state index contributed by atoms with van der Waals surface area (Å²) in [5, 5.41) is 1.93. The smallest absolute Gasteiger partial charge is 0.326 e. The van der Waals surface area contributed by atoms with Crippen molar-refractivity contribution in [2.75, 3.05) is 0 Å². The molecule has 0 bridgehead atoms. The molecule has 0 radical (unpaired) electrons. The summed E-state index contributed by atoms with van der Waals surface area (Å²) in [5.74, 6) is -0.293. The maximum Gasteiger partial charge on any atom is 0.326 e. The normalized spacial score (nSPS) is 11.8. The Morgan fingerprint density at radius 2 is 1.85 bits per heavy atom. The fourth-order valence-corrected chi connectivity index (χ4v) is 4.30. The molecule has 0 unspecified atom stereocenters. The molecule has 0 aliphatic carbocycles. The molecule has 1 aromatic carbocycles. The van der Waals surface area contributed by atoms with Crippen LogP contribution in [0.5, 0.6) is 0 Å². The first kappa shape index (κ1) is 20.1. The molecule has 2 aromatic heterocycles. The molecule has 0 aliphatic rings. The van der Waals surface area contributed by atoms with Crippen molar-refractivity contribution >= 4 is 51.8 Å². The molecule has 3 rings (SSSR count). The number of hydrogen-bond donors (Lipinski definition) is 0. The molecule has 0 fully saturated rings. The summed E-state index contributed by atoms with van der Waals surface area (Å²) in [5.41, 5.74) is 1.26. The Hall–Kier alpha value is -1.69. The topological polar surface area (TPSA) is 44.1 Å². The fraction of sp³-hybridized carbons (Fsp3) is 0.300. The minimum atomic E-state index is -0.534. The highest BCUT2D eigenvalue weighted by Crippen LogP contribution is 2.41. The Kier molecular flexibility index (Phi) is 5.75. The van der Waals surface area contributed by atoms with E-state index in [1.54, 1.807) is 18.0 Å². The van der Waals surface area contributed by atoms with E-state index in [-0.39, 0.29) is 12.5 Å². The minimum absolute atomic E-state index is 0.112. The Morgan fingerprint density at radius 3 is 2.48 bits per heavy atom. The number of carbonyl (C=O) groups excluding carboxylic acids is 1. The zero-order valence-corrected chi connectivity index (χ0v) is 17.9. The maximum atomic E-state index is 12.4. The van der Waals surface area contributed by atoms with Crippen LogP contribution in [-0.4, -0.2) is 21.1 Å². The van der Waals surface area contributed by atoms with Gasteiger partial charge in [0.25, 0.3) is 0 Å². The van der Waals surface area contributed by atoms with Gasteiger partial charge in [-0.25, -0.2) is 4.98 Å². The zero-order valence-electron chi connectivity index (χ0n) is 15.5. The average Bonchev–Trinajstić information content (AvgIpc) is 2.82. The molecule has 0 atom stereocenters. The van der Waals surface area contributed by atoms with Gasteiger partial charge in [0.1, 0.15) is 17.3 Å². The number of rotatable bonds is 4. The van der Waals surface area contributed by atoms with Crippen molar-refractivity contribution in [3.63, 3.8) is 0 Å². The number of benzene rings is 1. The largest absolute Gasteiger partial charge is 0.459 e. The third kappa shape index (κ3) is 4.60. The predicted octanol–water partition coefficient (Wildman–Crippen LogP) is 6.14. The molecule has 0 N–H and O–H groups in total. The first-order valence-electron chi connectivity index (χ1n) is 8.44. The number of fused-ring (bicyclic) bond motifs is 1. The number of halogens is 2. The number of aromatic nitrogens is 2. The summed E-state index contributed by atoms with van der Waals surface area (Å²) in [4.78, 5) is 18.6. The highest BCUT2D eigenvalue weighted by Gasteiger charge is 2.22.